The van der Waals surface area contributed by atoms with Gasteiger partial charge in [-0.05, 0) is 40.1 Å². The lowest BCUT2D eigenvalue weighted by atomic mass is 10.1. The van der Waals surface area contributed by atoms with Crippen molar-refractivity contribution >= 4 is 0 Å². The van der Waals surface area contributed by atoms with Gasteiger partial charge in [-0.3, -0.25) is 4.79 Å². The van der Waals surface area contributed by atoms with Crippen LogP contribution in [0.15, 0.2) is 53.5 Å². The minimum atomic E-state index is -0.309. The van der Waals surface area contributed by atoms with E-state index in [-0.39, 0.29) is 11.5 Å². The molecule has 23 heavy (non-hydrogen) atoms. The maximum atomic E-state index is 12.5. The fourth-order valence-corrected chi connectivity index (χ4v) is 2.39. The lowest BCUT2D eigenvalue weighted by Crippen LogP contribution is -2.15. The molecule has 0 atom stereocenters. The molecule has 0 aliphatic carbocycles. The third-order valence-electron chi connectivity index (χ3n) is 3.46. The van der Waals surface area contributed by atoms with Crippen molar-refractivity contribution in [3.63, 3.8) is 0 Å². The van der Waals surface area contributed by atoms with E-state index in [1.807, 2.05) is 42.5 Å². The minimum Gasteiger partial charge on any atom is -0.266 e. The van der Waals surface area contributed by atoms with Crippen LogP contribution in [0, 0.1) is 0 Å². The summed E-state index contributed by atoms with van der Waals surface area (Å²) in [5, 5.41) is 17.3. The Kier molecular flexibility index (Phi) is 3.12. The van der Waals surface area contributed by atoms with Crippen molar-refractivity contribution in [1.29, 1.82) is 0 Å². The van der Waals surface area contributed by atoms with Gasteiger partial charge < -0.3 is 0 Å². The molecule has 0 unspecified atom stereocenters. The van der Waals surface area contributed by atoms with Gasteiger partial charge in [0.1, 0.15) is 0 Å². The van der Waals surface area contributed by atoms with Crippen molar-refractivity contribution < 1.29 is 0 Å². The Morgan fingerprint density at radius 2 is 1.96 bits per heavy atom. The van der Waals surface area contributed by atoms with Crippen LogP contribution < -0.4 is 5.56 Å². The first-order chi connectivity index (χ1) is 11.3. The molecular weight excluding hydrogens is 294 g/mol. The Bertz CT molecular complexity index is 963. The molecular formula is C15H11N7O. The summed E-state index contributed by atoms with van der Waals surface area (Å²) in [6.45, 7) is 0. The minimum absolute atomic E-state index is 0.167. The topological polar surface area (TPSA) is 102 Å². The Morgan fingerprint density at radius 1 is 1.09 bits per heavy atom. The van der Waals surface area contributed by atoms with E-state index in [1.165, 1.54) is 0 Å². The largest absolute Gasteiger partial charge is 0.285 e. The van der Waals surface area contributed by atoms with E-state index in [9.17, 15) is 4.79 Å². The Labute approximate surface area is 130 Å². The Morgan fingerprint density at radius 3 is 2.74 bits per heavy atom. The molecule has 2 aliphatic rings. The zero-order chi connectivity index (χ0) is 15.6. The van der Waals surface area contributed by atoms with E-state index in [1.54, 1.807) is 6.20 Å². The molecule has 0 fully saturated rings. The normalized spacial score (nSPS) is 11.0. The predicted molar refractivity (Wildman–Crippen MR) is 81.2 cm³/mol. The number of nitrogens with one attached hydrogen (secondary N) is 1. The number of H-pyrrole nitrogens is 1. The molecule has 2 aromatic rings. The number of hydrogen-bond acceptors (Lipinski definition) is 6. The number of nitrogens with zero attached hydrogens (tertiary/aromatic N) is 6. The third-order valence-corrected chi connectivity index (χ3v) is 3.46. The van der Waals surface area contributed by atoms with Crippen molar-refractivity contribution in [2.24, 2.45) is 0 Å². The number of aromatic nitrogens is 7. The molecule has 0 saturated carbocycles. The van der Waals surface area contributed by atoms with Crippen molar-refractivity contribution in [3.05, 3.63) is 70.1 Å². The highest BCUT2D eigenvalue weighted by Gasteiger charge is 2.18. The highest BCUT2D eigenvalue weighted by atomic mass is 16.1. The van der Waals surface area contributed by atoms with Crippen LogP contribution in [0.2, 0.25) is 0 Å². The highest BCUT2D eigenvalue weighted by Crippen LogP contribution is 2.16. The number of aromatic amines is 1. The third kappa shape index (κ3) is 2.46. The van der Waals surface area contributed by atoms with E-state index in [2.05, 4.69) is 30.7 Å². The van der Waals surface area contributed by atoms with Crippen molar-refractivity contribution in [1.82, 2.24) is 35.4 Å². The lowest BCUT2D eigenvalue weighted by molar-refractivity contribution is 0.788. The first kappa shape index (κ1) is 13.3. The van der Waals surface area contributed by atoms with Gasteiger partial charge >= 0.3 is 0 Å². The molecule has 1 N–H and O–H groups in total. The van der Waals surface area contributed by atoms with Crippen LogP contribution in [0.4, 0.5) is 0 Å². The summed E-state index contributed by atoms with van der Waals surface area (Å²) in [7, 11) is 0. The zero-order valence-corrected chi connectivity index (χ0v) is 11.9. The fourth-order valence-electron chi connectivity index (χ4n) is 2.39. The molecule has 8 heteroatoms. The number of hydrogen-bond donors (Lipinski definition) is 1. The van der Waals surface area contributed by atoms with E-state index in [0.717, 1.165) is 15.8 Å². The smallest absolute Gasteiger partial charge is 0.266 e. The van der Waals surface area contributed by atoms with Crippen LogP contribution >= 0.6 is 0 Å². The highest BCUT2D eigenvalue weighted by molar-refractivity contribution is 5.56. The molecule has 0 saturated heterocycles. The molecule has 0 bridgehead atoms. The van der Waals surface area contributed by atoms with Crippen LogP contribution in [-0.2, 0) is 6.42 Å². The van der Waals surface area contributed by atoms with Crippen LogP contribution in [0.1, 0.15) is 11.1 Å². The molecule has 2 aliphatic heterocycles. The van der Waals surface area contributed by atoms with Gasteiger partial charge in [-0.25, -0.2) is 10.1 Å². The second-order valence-electron chi connectivity index (χ2n) is 5.01. The molecule has 0 radical (unpaired) electrons. The number of benzene rings is 1. The van der Waals surface area contributed by atoms with Gasteiger partial charge in [0, 0.05) is 6.20 Å². The number of rotatable bonds is 3. The molecule has 1 aromatic carbocycles. The molecule has 112 valence electrons. The van der Waals surface area contributed by atoms with Gasteiger partial charge in [0.2, 0.25) is 0 Å². The molecule has 4 rings (SSSR count). The van der Waals surface area contributed by atoms with E-state index < -0.39 is 0 Å². The van der Waals surface area contributed by atoms with E-state index >= 15 is 0 Å². The summed E-state index contributed by atoms with van der Waals surface area (Å²) >= 11 is 0. The van der Waals surface area contributed by atoms with E-state index in [4.69, 9.17) is 0 Å². The summed E-state index contributed by atoms with van der Waals surface area (Å²) in [5.74, 6) is 0.519. The predicted octanol–water partition coefficient (Wildman–Crippen LogP) is 0.836. The average molecular weight is 305 g/mol. The number of fused-ring (bicyclic) bond motifs is 1. The van der Waals surface area contributed by atoms with Crippen molar-refractivity contribution in [2.45, 2.75) is 6.42 Å². The van der Waals surface area contributed by atoms with Gasteiger partial charge in [-0.15, -0.1) is 5.10 Å². The first-order valence-corrected chi connectivity index (χ1v) is 6.97. The van der Waals surface area contributed by atoms with Gasteiger partial charge in [0.15, 0.2) is 5.82 Å². The molecule has 0 spiro atoms. The lowest BCUT2D eigenvalue weighted by Gasteiger charge is -1.98. The van der Waals surface area contributed by atoms with Crippen molar-refractivity contribution in [3.8, 4) is 17.3 Å². The summed E-state index contributed by atoms with van der Waals surface area (Å²) in [6.07, 6.45) is 2.36. The molecule has 8 nitrogen and oxygen atoms in total. The monoisotopic (exact) mass is 305 g/mol. The summed E-state index contributed by atoms with van der Waals surface area (Å²) < 4.78 is 1.12. The average Bonchev–Trinajstić information content (AvgIpc) is 3.14. The maximum absolute atomic E-state index is 12.5. The quantitative estimate of drug-likeness (QED) is 0.601. The zero-order valence-electron chi connectivity index (χ0n) is 11.9. The summed E-state index contributed by atoms with van der Waals surface area (Å²) in [5.41, 5.74) is 2.26. The summed E-state index contributed by atoms with van der Waals surface area (Å²) in [4.78, 5) is 16.7. The van der Waals surface area contributed by atoms with Crippen molar-refractivity contribution in [2.75, 3.05) is 0 Å². The Balaban J connectivity index is 1.81. The number of tetrazole rings is 1. The van der Waals surface area contributed by atoms with Gasteiger partial charge in [-0.1, -0.05) is 35.4 Å². The van der Waals surface area contributed by atoms with Crippen LogP contribution in [0.5, 0.6) is 0 Å². The van der Waals surface area contributed by atoms with Gasteiger partial charge in [0.05, 0.1) is 5.56 Å². The summed E-state index contributed by atoms with van der Waals surface area (Å²) in [6, 6.07) is 13.7. The second kappa shape index (κ2) is 5.41. The van der Waals surface area contributed by atoms with E-state index in [0.29, 0.717) is 17.8 Å². The Hall–Kier alpha value is -3.42. The van der Waals surface area contributed by atoms with Gasteiger partial charge in [0.25, 0.3) is 11.5 Å². The molecule has 0 amide bonds. The SMILES string of the molecule is O=c1c2cc(Cc3ccccc3)ccnc-2nn1-c1nnn[nH]1. The first-order valence-electron chi connectivity index (χ1n) is 6.97. The second-order valence-corrected chi connectivity index (χ2v) is 5.01. The van der Waals surface area contributed by atoms with Crippen LogP contribution in [0.3, 0.4) is 0 Å². The standard InChI is InChI=1S/C15H11N7O/c23-14-12-9-11(8-10-4-2-1-3-5-10)6-7-16-13(12)19-22(14)15-17-20-21-18-15/h1-7,9H,8H2,(H,17,18,20,21). The molecule has 3 heterocycles. The van der Waals surface area contributed by atoms with Crippen LogP contribution in [-0.4, -0.2) is 35.4 Å². The fraction of sp³-hybridized carbons (Fsp3) is 0.0667. The van der Waals surface area contributed by atoms with Crippen LogP contribution in [0.25, 0.3) is 17.3 Å². The molecule has 1 aromatic heterocycles. The van der Waals surface area contributed by atoms with Gasteiger partial charge in [-0.2, -0.15) is 4.68 Å². The maximum Gasteiger partial charge on any atom is 0.285 e.